The normalized spacial score (nSPS) is 16.3. The summed E-state index contributed by atoms with van der Waals surface area (Å²) in [5.74, 6) is 0.593. The molecule has 0 spiro atoms. The molecule has 20 heavy (non-hydrogen) atoms. The zero-order valence-electron chi connectivity index (χ0n) is 13.0. The fourth-order valence-corrected chi connectivity index (χ4v) is 2.34. The van der Waals surface area contributed by atoms with Crippen molar-refractivity contribution in [3.63, 3.8) is 0 Å². The lowest BCUT2D eigenvalue weighted by atomic mass is 10.00. The maximum Gasteiger partial charge on any atom is 0.0716 e. The van der Waals surface area contributed by atoms with Gasteiger partial charge in [0.1, 0.15) is 0 Å². The summed E-state index contributed by atoms with van der Waals surface area (Å²) < 4.78 is 5.70. The van der Waals surface area contributed by atoms with Crippen molar-refractivity contribution in [1.29, 1.82) is 0 Å². The van der Waals surface area contributed by atoms with Gasteiger partial charge in [0, 0.05) is 19.2 Å². The molecule has 112 valence electrons. The molecular formula is C18H29NO. The average molecular weight is 275 g/mol. The quantitative estimate of drug-likeness (QED) is 0.645. The van der Waals surface area contributed by atoms with Crippen molar-refractivity contribution in [2.24, 2.45) is 0 Å². The zero-order chi connectivity index (χ0) is 14.2. The Morgan fingerprint density at radius 3 is 2.60 bits per heavy atom. The summed E-state index contributed by atoms with van der Waals surface area (Å²) in [4.78, 5) is 0. The molecule has 2 heteroatoms. The second-order valence-electron chi connectivity index (χ2n) is 6.08. The Morgan fingerprint density at radius 2 is 1.95 bits per heavy atom. The highest BCUT2D eigenvalue weighted by Gasteiger charge is 2.21. The molecule has 1 aliphatic rings. The van der Waals surface area contributed by atoms with Crippen molar-refractivity contribution in [2.75, 3.05) is 13.2 Å². The topological polar surface area (TPSA) is 21.3 Å². The monoisotopic (exact) mass is 275 g/mol. The van der Waals surface area contributed by atoms with Crippen LogP contribution in [-0.2, 0) is 11.3 Å². The summed E-state index contributed by atoms with van der Waals surface area (Å²) in [6.45, 7) is 7.25. The maximum absolute atomic E-state index is 5.70. The van der Waals surface area contributed by atoms with Crippen LogP contribution in [0.15, 0.2) is 24.3 Å². The molecule has 2 nitrogen and oxygen atoms in total. The van der Waals surface area contributed by atoms with E-state index in [0.717, 1.165) is 25.8 Å². The summed E-state index contributed by atoms with van der Waals surface area (Å²) in [5, 5.41) is 3.60. The second-order valence-corrected chi connectivity index (χ2v) is 6.08. The third kappa shape index (κ3) is 5.64. The summed E-state index contributed by atoms with van der Waals surface area (Å²) in [6.07, 6.45) is 6.43. The van der Waals surface area contributed by atoms with Crippen LogP contribution in [-0.4, -0.2) is 19.2 Å². The largest absolute Gasteiger partial charge is 0.377 e. The van der Waals surface area contributed by atoms with E-state index < -0.39 is 0 Å². The summed E-state index contributed by atoms with van der Waals surface area (Å²) in [6, 6.07) is 9.73. The van der Waals surface area contributed by atoms with Gasteiger partial charge in [0.15, 0.2) is 0 Å². The third-order valence-electron chi connectivity index (χ3n) is 4.00. The van der Waals surface area contributed by atoms with E-state index in [-0.39, 0.29) is 0 Å². The number of unbranched alkanes of at least 4 members (excludes halogenated alkanes) is 2. The van der Waals surface area contributed by atoms with Crippen LogP contribution in [0.3, 0.4) is 0 Å². The smallest absolute Gasteiger partial charge is 0.0716 e. The fraction of sp³-hybridized carbons (Fsp3) is 0.667. The Hall–Kier alpha value is -0.860. The first-order valence-electron chi connectivity index (χ1n) is 8.19. The first-order valence-corrected chi connectivity index (χ1v) is 8.19. The number of hydrogen-bond donors (Lipinski definition) is 1. The van der Waals surface area contributed by atoms with Crippen molar-refractivity contribution >= 4 is 0 Å². The molecule has 1 atom stereocenters. The lowest BCUT2D eigenvalue weighted by Crippen LogP contribution is -2.21. The van der Waals surface area contributed by atoms with Crippen LogP contribution in [0.1, 0.15) is 63.0 Å². The molecule has 1 N–H and O–H groups in total. The molecule has 0 aliphatic heterocycles. The van der Waals surface area contributed by atoms with Gasteiger partial charge in [-0.05, 0) is 36.3 Å². The highest BCUT2D eigenvalue weighted by atomic mass is 16.5. The molecule has 0 amide bonds. The molecule has 0 aromatic heterocycles. The fourth-order valence-electron chi connectivity index (χ4n) is 2.34. The van der Waals surface area contributed by atoms with E-state index in [4.69, 9.17) is 4.74 Å². The summed E-state index contributed by atoms with van der Waals surface area (Å²) >= 11 is 0. The van der Waals surface area contributed by atoms with Gasteiger partial charge in [0.25, 0.3) is 0 Å². The van der Waals surface area contributed by atoms with E-state index in [1.807, 2.05) is 0 Å². The van der Waals surface area contributed by atoms with Gasteiger partial charge < -0.3 is 10.1 Å². The van der Waals surface area contributed by atoms with E-state index in [2.05, 4.69) is 43.4 Å². The number of hydrogen-bond acceptors (Lipinski definition) is 2. The maximum atomic E-state index is 5.70. The van der Waals surface area contributed by atoms with Gasteiger partial charge in [-0.3, -0.25) is 0 Å². The lowest BCUT2D eigenvalue weighted by molar-refractivity contribution is 0.117. The van der Waals surface area contributed by atoms with Crippen LogP contribution in [0.4, 0.5) is 0 Å². The molecule has 2 rings (SSSR count). The molecular weight excluding hydrogens is 246 g/mol. The minimum Gasteiger partial charge on any atom is -0.377 e. The van der Waals surface area contributed by atoms with Gasteiger partial charge in [-0.2, -0.15) is 0 Å². The molecule has 1 fully saturated rings. The minimum atomic E-state index is 0.593. The zero-order valence-corrected chi connectivity index (χ0v) is 13.0. The van der Waals surface area contributed by atoms with Crippen molar-refractivity contribution in [2.45, 2.75) is 64.5 Å². The molecule has 0 saturated heterocycles. The van der Waals surface area contributed by atoms with Crippen LogP contribution in [0, 0.1) is 0 Å². The first-order chi connectivity index (χ1) is 9.79. The summed E-state index contributed by atoms with van der Waals surface area (Å²) in [7, 11) is 0. The minimum absolute atomic E-state index is 0.593. The van der Waals surface area contributed by atoms with E-state index >= 15 is 0 Å². The standard InChI is InChI=1S/C18H29NO/c1-3-4-5-12-20-14-16-6-8-17(9-7-16)15(2)13-19-18-10-11-18/h6-9,15,18-19H,3-5,10-14H2,1-2H3. The van der Waals surface area contributed by atoms with Gasteiger partial charge in [0.05, 0.1) is 6.61 Å². The summed E-state index contributed by atoms with van der Waals surface area (Å²) in [5.41, 5.74) is 2.71. The van der Waals surface area contributed by atoms with Crippen LogP contribution in [0.2, 0.25) is 0 Å². The van der Waals surface area contributed by atoms with Crippen molar-refractivity contribution in [3.05, 3.63) is 35.4 Å². The van der Waals surface area contributed by atoms with Gasteiger partial charge in [0.2, 0.25) is 0 Å². The Balaban J connectivity index is 1.68. The molecule has 1 unspecified atom stereocenters. The van der Waals surface area contributed by atoms with Gasteiger partial charge in [-0.25, -0.2) is 0 Å². The van der Waals surface area contributed by atoms with E-state index in [1.165, 1.54) is 43.2 Å². The van der Waals surface area contributed by atoms with Crippen LogP contribution in [0.25, 0.3) is 0 Å². The Labute approximate surface area is 123 Å². The first kappa shape index (κ1) is 15.5. The second kappa shape index (κ2) is 8.43. The Bertz CT molecular complexity index is 370. The van der Waals surface area contributed by atoms with E-state index in [1.54, 1.807) is 0 Å². The number of rotatable bonds is 10. The number of ether oxygens (including phenoxy) is 1. The van der Waals surface area contributed by atoms with E-state index in [9.17, 15) is 0 Å². The van der Waals surface area contributed by atoms with Crippen LogP contribution < -0.4 is 5.32 Å². The van der Waals surface area contributed by atoms with Crippen molar-refractivity contribution in [3.8, 4) is 0 Å². The molecule has 1 aromatic carbocycles. The highest BCUT2D eigenvalue weighted by Crippen LogP contribution is 2.21. The Morgan fingerprint density at radius 1 is 1.20 bits per heavy atom. The van der Waals surface area contributed by atoms with Crippen LogP contribution in [0.5, 0.6) is 0 Å². The van der Waals surface area contributed by atoms with E-state index in [0.29, 0.717) is 5.92 Å². The van der Waals surface area contributed by atoms with Crippen molar-refractivity contribution in [1.82, 2.24) is 5.32 Å². The predicted octanol–water partition coefficient (Wildman–Crippen LogP) is 4.25. The Kier molecular flexibility index (Phi) is 6.55. The molecule has 0 radical (unpaired) electrons. The van der Waals surface area contributed by atoms with Gasteiger partial charge in [-0.15, -0.1) is 0 Å². The third-order valence-corrected chi connectivity index (χ3v) is 4.00. The number of benzene rings is 1. The molecule has 1 aromatic rings. The molecule has 1 aliphatic carbocycles. The highest BCUT2D eigenvalue weighted by molar-refractivity contribution is 5.25. The average Bonchev–Trinajstić information content (AvgIpc) is 3.29. The number of nitrogens with one attached hydrogen (secondary N) is 1. The predicted molar refractivity (Wildman–Crippen MR) is 85.1 cm³/mol. The molecule has 0 heterocycles. The van der Waals surface area contributed by atoms with Crippen molar-refractivity contribution < 1.29 is 4.74 Å². The van der Waals surface area contributed by atoms with Gasteiger partial charge in [-0.1, -0.05) is 51.0 Å². The SMILES string of the molecule is CCCCCOCc1ccc(C(C)CNC2CC2)cc1. The lowest BCUT2D eigenvalue weighted by Gasteiger charge is -2.13. The molecule has 0 bridgehead atoms. The van der Waals surface area contributed by atoms with Gasteiger partial charge >= 0.3 is 0 Å². The van der Waals surface area contributed by atoms with Crippen LogP contribution >= 0.6 is 0 Å². The molecule has 1 saturated carbocycles.